The number of carbonyl (C=O) groups excluding carboxylic acids is 2. The standard InChI is InChI=1S/C13H13FN4O4.C12H9N3O3/c1-18(21-3)10(6-11(19)9-4-5-22-17-9)12-15-7-8(14)13(16-12)20-2;1-8-7-13-11(14-12(8)17-2)4-3-10(16)9-5-6-18-15-9/h4-7H,1-3H3;5-7H,1-2H3/b10-6+;. The number of Topliss-reactive ketones (excluding diaryl/α,β-unsaturated/α-hetero) is 1. The van der Waals surface area contributed by atoms with Gasteiger partial charge >= 0.3 is 0 Å². The van der Waals surface area contributed by atoms with E-state index >= 15 is 0 Å². The van der Waals surface area contributed by atoms with Gasteiger partial charge in [0.05, 0.1) is 27.5 Å². The van der Waals surface area contributed by atoms with Gasteiger partial charge in [0.1, 0.15) is 18.2 Å². The fourth-order valence-corrected chi connectivity index (χ4v) is 2.75. The molecule has 0 atom stereocenters. The second kappa shape index (κ2) is 13.9. The zero-order chi connectivity index (χ0) is 29.1. The van der Waals surface area contributed by atoms with Crippen LogP contribution in [0.3, 0.4) is 0 Å². The average molecular weight is 551 g/mol. The summed E-state index contributed by atoms with van der Waals surface area (Å²) in [5, 5.41) is 8.28. The molecule has 206 valence electrons. The summed E-state index contributed by atoms with van der Waals surface area (Å²) in [5.41, 5.74) is 1.26. The molecule has 0 unspecified atom stereocenters. The van der Waals surface area contributed by atoms with Gasteiger partial charge in [0.2, 0.25) is 23.3 Å². The van der Waals surface area contributed by atoms with Crippen LogP contribution >= 0.6 is 0 Å². The summed E-state index contributed by atoms with van der Waals surface area (Å²) < 4.78 is 32.4. The SMILES string of the molecule is COc1nc(/C(=C\C(=O)c2ccon2)N(C)OC)ncc1F.COc1nc(C#CC(=O)c2ccon2)ncc1C. The number of hydrogen-bond donors (Lipinski definition) is 0. The van der Waals surface area contributed by atoms with Crippen molar-refractivity contribution in [3.05, 3.63) is 77.5 Å². The third-order valence-corrected chi connectivity index (χ3v) is 4.78. The van der Waals surface area contributed by atoms with E-state index < -0.39 is 17.4 Å². The van der Waals surface area contributed by atoms with E-state index in [1.807, 2.05) is 6.92 Å². The third-order valence-electron chi connectivity index (χ3n) is 4.78. The quantitative estimate of drug-likeness (QED) is 0.135. The molecule has 4 heterocycles. The number of rotatable bonds is 8. The number of hydroxylamine groups is 2. The monoisotopic (exact) mass is 551 g/mol. The molecule has 4 rings (SSSR count). The third kappa shape index (κ3) is 7.52. The molecular weight excluding hydrogens is 529 g/mol. The maximum atomic E-state index is 13.4. The first-order chi connectivity index (χ1) is 19.3. The second-order valence-electron chi connectivity index (χ2n) is 7.36. The molecule has 40 heavy (non-hydrogen) atoms. The first kappa shape index (κ1) is 29.1. The van der Waals surface area contributed by atoms with Gasteiger partial charge in [-0.1, -0.05) is 10.3 Å². The number of allylic oxidation sites excluding steroid dienone is 1. The summed E-state index contributed by atoms with van der Waals surface area (Å²) in [6.45, 7) is 1.82. The summed E-state index contributed by atoms with van der Waals surface area (Å²) in [5.74, 6) is 3.78. The summed E-state index contributed by atoms with van der Waals surface area (Å²) in [4.78, 5) is 44.4. The Labute approximate surface area is 226 Å². The van der Waals surface area contributed by atoms with Gasteiger partial charge < -0.3 is 18.5 Å². The van der Waals surface area contributed by atoms with Gasteiger partial charge in [0.15, 0.2) is 17.2 Å². The Balaban J connectivity index is 0.000000225. The lowest BCUT2D eigenvalue weighted by atomic mass is 10.2. The number of methoxy groups -OCH3 is 2. The van der Waals surface area contributed by atoms with E-state index in [2.05, 4.69) is 51.1 Å². The van der Waals surface area contributed by atoms with Crippen molar-refractivity contribution in [2.75, 3.05) is 28.4 Å². The Kier molecular flexibility index (Phi) is 10.1. The maximum Gasteiger partial charge on any atom is 0.258 e. The summed E-state index contributed by atoms with van der Waals surface area (Å²) >= 11 is 0. The van der Waals surface area contributed by atoms with Crippen LogP contribution in [0.1, 0.15) is 38.2 Å². The van der Waals surface area contributed by atoms with Crippen molar-refractivity contribution >= 4 is 17.3 Å². The number of ether oxygens (including phenoxy) is 2. The number of halogens is 1. The fourth-order valence-electron chi connectivity index (χ4n) is 2.75. The minimum atomic E-state index is -0.714. The minimum Gasteiger partial charge on any atom is -0.481 e. The Hall–Kier alpha value is -5.49. The molecule has 0 aromatic carbocycles. The molecule has 0 N–H and O–H groups in total. The second-order valence-corrected chi connectivity index (χ2v) is 7.36. The lowest BCUT2D eigenvalue weighted by molar-refractivity contribution is -0.0533. The van der Waals surface area contributed by atoms with E-state index in [-0.39, 0.29) is 34.6 Å². The lowest BCUT2D eigenvalue weighted by Gasteiger charge is -2.18. The molecule has 0 amide bonds. The molecule has 0 aliphatic heterocycles. The van der Waals surface area contributed by atoms with Crippen LogP contribution in [-0.2, 0) is 4.84 Å². The predicted molar refractivity (Wildman–Crippen MR) is 133 cm³/mol. The molecule has 0 bridgehead atoms. The van der Waals surface area contributed by atoms with Crippen LogP contribution in [0, 0.1) is 24.6 Å². The summed E-state index contributed by atoms with van der Waals surface area (Å²) in [6, 6.07) is 2.85. The smallest absolute Gasteiger partial charge is 0.258 e. The van der Waals surface area contributed by atoms with Crippen LogP contribution in [0.25, 0.3) is 5.70 Å². The highest BCUT2D eigenvalue weighted by atomic mass is 19.1. The van der Waals surface area contributed by atoms with Crippen LogP contribution in [0.5, 0.6) is 11.8 Å². The molecule has 0 aliphatic rings. The molecule has 0 aliphatic carbocycles. The van der Waals surface area contributed by atoms with E-state index in [9.17, 15) is 14.0 Å². The Morgan fingerprint density at radius 1 is 0.975 bits per heavy atom. The maximum absolute atomic E-state index is 13.4. The van der Waals surface area contributed by atoms with E-state index in [1.165, 1.54) is 57.1 Å². The molecule has 4 aromatic rings. The van der Waals surface area contributed by atoms with E-state index in [4.69, 9.17) is 14.3 Å². The number of carbonyl (C=O) groups is 2. The number of ketones is 2. The molecule has 15 heteroatoms. The Morgan fingerprint density at radius 2 is 1.65 bits per heavy atom. The normalized spacial score (nSPS) is 10.5. The molecule has 0 saturated heterocycles. The van der Waals surface area contributed by atoms with E-state index in [0.29, 0.717) is 5.88 Å². The molecule has 0 spiro atoms. The average Bonchev–Trinajstić information content (AvgIpc) is 3.71. The predicted octanol–water partition coefficient (Wildman–Crippen LogP) is 2.35. The molecule has 14 nitrogen and oxygen atoms in total. The number of aryl methyl sites for hydroxylation is 1. The largest absolute Gasteiger partial charge is 0.481 e. The van der Waals surface area contributed by atoms with Gasteiger partial charge in [-0.05, 0) is 18.8 Å². The first-order valence-electron chi connectivity index (χ1n) is 11.1. The first-order valence-corrected chi connectivity index (χ1v) is 11.1. The highest BCUT2D eigenvalue weighted by molar-refractivity contribution is 6.07. The minimum absolute atomic E-state index is 0.0550. The van der Waals surface area contributed by atoms with Crippen LogP contribution in [0.15, 0.2) is 52.2 Å². The van der Waals surface area contributed by atoms with Crippen molar-refractivity contribution in [2.24, 2.45) is 0 Å². The zero-order valence-corrected chi connectivity index (χ0v) is 21.9. The zero-order valence-electron chi connectivity index (χ0n) is 21.9. The van der Waals surface area contributed by atoms with Gasteiger partial charge in [0, 0.05) is 37.0 Å². The van der Waals surface area contributed by atoms with Gasteiger partial charge in [0.25, 0.3) is 11.7 Å². The lowest BCUT2D eigenvalue weighted by Crippen LogP contribution is -2.18. The van der Waals surface area contributed by atoms with Crippen LogP contribution in [-0.4, -0.2) is 75.3 Å². The van der Waals surface area contributed by atoms with Crippen molar-refractivity contribution in [2.45, 2.75) is 6.92 Å². The van der Waals surface area contributed by atoms with Crippen molar-refractivity contribution in [3.8, 4) is 23.6 Å². The van der Waals surface area contributed by atoms with Crippen LogP contribution in [0.2, 0.25) is 0 Å². The highest BCUT2D eigenvalue weighted by Crippen LogP contribution is 2.19. The molecule has 0 radical (unpaired) electrons. The molecule has 0 saturated carbocycles. The number of aromatic nitrogens is 6. The summed E-state index contributed by atoms with van der Waals surface area (Å²) in [6.07, 6.45) is 6.31. The number of hydrogen-bond acceptors (Lipinski definition) is 14. The van der Waals surface area contributed by atoms with Crippen molar-refractivity contribution in [3.63, 3.8) is 0 Å². The Morgan fingerprint density at radius 3 is 2.25 bits per heavy atom. The highest BCUT2D eigenvalue weighted by Gasteiger charge is 2.18. The Bertz CT molecular complexity index is 1550. The topological polar surface area (TPSA) is 169 Å². The van der Waals surface area contributed by atoms with E-state index in [1.54, 1.807) is 13.2 Å². The fraction of sp³-hybridized carbons (Fsp3) is 0.200. The number of nitrogens with zero attached hydrogens (tertiary/aromatic N) is 7. The van der Waals surface area contributed by atoms with Gasteiger partial charge in [-0.3, -0.25) is 19.5 Å². The van der Waals surface area contributed by atoms with Crippen molar-refractivity contribution in [1.82, 2.24) is 35.3 Å². The molecule has 4 aromatic heterocycles. The van der Waals surface area contributed by atoms with Crippen molar-refractivity contribution in [1.29, 1.82) is 0 Å². The van der Waals surface area contributed by atoms with Gasteiger partial charge in [-0.15, -0.1) is 0 Å². The molecule has 0 fully saturated rings. The van der Waals surface area contributed by atoms with E-state index in [0.717, 1.165) is 11.8 Å². The summed E-state index contributed by atoms with van der Waals surface area (Å²) in [7, 11) is 5.72. The van der Waals surface area contributed by atoms with Crippen LogP contribution < -0.4 is 9.47 Å². The van der Waals surface area contributed by atoms with Crippen molar-refractivity contribution < 1.29 is 37.3 Å². The van der Waals surface area contributed by atoms with Crippen LogP contribution in [0.4, 0.5) is 4.39 Å². The molecular formula is C25H22FN7O7. The van der Waals surface area contributed by atoms with Gasteiger partial charge in [-0.25, -0.2) is 9.97 Å². The van der Waals surface area contributed by atoms with Gasteiger partial charge in [-0.2, -0.15) is 14.4 Å².